The fraction of sp³-hybridized carbons (Fsp3) is 0.455. The summed E-state index contributed by atoms with van der Waals surface area (Å²) in [4.78, 5) is 0. The smallest absolute Gasteiger partial charge is 0.146 e. The zero-order chi connectivity index (χ0) is 11.3. The van der Waals surface area contributed by atoms with Crippen molar-refractivity contribution in [2.75, 3.05) is 18.4 Å². The van der Waals surface area contributed by atoms with Crippen molar-refractivity contribution < 1.29 is 8.78 Å². The second kappa shape index (κ2) is 5.66. The lowest BCUT2D eigenvalue weighted by Crippen LogP contribution is -2.28. The average Bonchev–Trinajstić information content (AvgIpc) is 2.17. The summed E-state index contributed by atoms with van der Waals surface area (Å²) in [6, 6.07) is 3.77. The van der Waals surface area contributed by atoms with E-state index in [1.807, 2.05) is 13.8 Å². The predicted molar refractivity (Wildman–Crippen MR) is 58.0 cm³/mol. The summed E-state index contributed by atoms with van der Waals surface area (Å²) >= 11 is 0. The van der Waals surface area contributed by atoms with Gasteiger partial charge in [0.2, 0.25) is 0 Å². The Morgan fingerprint density at radius 2 is 1.93 bits per heavy atom. The highest BCUT2D eigenvalue weighted by atomic mass is 19.1. The van der Waals surface area contributed by atoms with Gasteiger partial charge in [0.25, 0.3) is 0 Å². The van der Waals surface area contributed by atoms with Crippen molar-refractivity contribution in [1.82, 2.24) is 5.32 Å². The predicted octanol–water partition coefficient (Wildman–Crippen LogP) is 2.37. The summed E-state index contributed by atoms with van der Waals surface area (Å²) in [5.74, 6) is -0.864. The van der Waals surface area contributed by atoms with Gasteiger partial charge in [-0.1, -0.05) is 13.8 Å². The van der Waals surface area contributed by atoms with Gasteiger partial charge in [0.1, 0.15) is 11.6 Å². The normalized spacial score (nSPS) is 10.7. The van der Waals surface area contributed by atoms with E-state index in [2.05, 4.69) is 10.6 Å². The monoisotopic (exact) mass is 214 g/mol. The van der Waals surface area contributed by atoms with Gasteiger partial charge in [0.05, 0.1) is 5.69 Å². The van der Waals surface area contributed by atoms with E-state index in [1.54, 1.807) is 0 Å². The van der Waals surface area contributed by atoms with Gasteiger partial charge in [-0.25, -0.2) is 8.78 Å². The first-order valence-corrected chi connectivity index (χ1v) is 5.02. The first-order chi connectivity index (χ1) is 7.09. The molecule has 0 bridgehead atoms. The number of rotatable bonds is 5. The topological polar surface area (TPSA) is 24.1 Å². The van der Waals surface area contributed by atoms with Crippen LogP contribution in [0.3, 0.4) is 0 Å². The SMILES string of the molecule is CC(C)NCCNc1cc(F)ccc1F. The van der Waals surface area contributed by atoms with Crippen LogP contribution in [0.5, 0.6) is 0 Å². The minimum Gasteiger partial charge on any atom is -0.381 e. The van der Waals surface area contributed by atoms with Crippen molar-refractivity contribution in [3.05, 3.63) is 29.8 Å². The van der Waals surface area contributed by atoms with E-state index in [1.165, 1.54) is 0 Å². The molecule has 1 rings (SSSR count). The Hall–Kier alpha value is -1.16. The summed E-state index contributed by atoms with van der Waals surface area (Å²) in [5.41, 5.74) is 0.209. The van der Waals surface area contributed by atoms with E-state index in [9.17, 15) is 8.78 Å². The van der Waals surface area contributed by atoms with Gasteiger partial charge in [-0.2, -0.15) is 0 Å². The largest absolute Gasteiger partial charge is 0.381 e. The van der Waals surface area contributed by atoms with Crippen LogP contribution < -0.4 is 10.6 Å². The molecule has 0 aliphatic rings. The first-order valence-electron chi connectivity index (χ1n) is 5.02. The molecule has 2 N–H and O–H groups in total. The molecular formula is C11H16F2N2. The molecule has 0 radical (unpaired) electrons. The molecule has 84 valence electrons. The van der Waals surface area contributed by atoms with Gasteiger partial charge in [-0.15, -0.1) is 0 Å². The van der Waals surface area contributed by atoms with Gasteiger partial charge in [-0.05, 0) is 18.2 Å². The Bertz CT molecular complexity index is 313. The molecule has 0 unspecified atom stereocenters. The van der Waals surface area contributed by atoms with E-state index in [0.29, 0.717) is 19.1 Å². The molecule has 0 fully saturated rings. The summed E-state index contributed by atoms with van der Waals surface area (Å²) in [7, 11) is 0. The molecule has 15 heavy (non-hydrogen) atoms. The third-order valence-electron chi connectivity index (χ3n) is 1.92. The third-order valence-corrected chi connectivity index (χ3v) is 1.92. The van der Waals surface area contributed by atoms with Gasteiger partial charge < -0.3 is 10.6 Å². The van der Waals surface area contributed by atoms with Crippen LogP contribution in [0, 0.1) is 11.6 Å². The molecule has 1 aromatic rings. The van der Waals surface area contributed by atoms with Crippen LogP contribution >= 0.6 is 0 Å². The first kappa shape index (κ1) is 11.9. The minimum atomic E-state index is -0.435. The van der Waals surface area contributed by atoms with Crippen LogP contribution in [0.2, 0.25) is 0 Å². The fourth-order valence-corrected chi connectivity index (χ4v) is 1.19. The summed E-state index contributed by atoms with van der Waals surface area (Å²) in [6.45, 7) is 5.34. The van der Waals surface area contributed by atoms with Crippen molar-refractivity contribution in [1.29, 1.82) is 0 Å². The van der Waals surface area contributed by atoms with Gasteiger partial charge >= 0.3 is 0 Å². The third kappa shape index (κ3) is 4.25. The van der Waals surface area contributed by atoms with Crippen LogP contribution in [0.25, 0.3) is 0 Å². The number of hydrogen-bond acceptors (Lipinski definition) is 2. The standard InChI is InChI=1S/C11H16F2N2/c1-8(2)14-5-6-15-11-7-9(12)3-4-10(11)13/h3-4,7-8,14-15H,5-6H2,1-2H3. The van der Waals surface area contributed by atoms with E-state index in [-0.39, 0.29) is 5.69 Å². The average molecular weight is 214 g/mol. The van der Waals surface area contributed by atoms with Crippen molar-refractivity contribution in [3.63, 3.8) is 0 Å². The number of benzene rings is 1. The Labute approximate surface area is 88.7 Å². The molecular weight excluding hydrogens is 198 g/mol. The van der Waals surface area contributed by atoms with Crippen molar-refractivity contribution in [2.24, 2.45) is 0 Å². The molecule has 0 atom stereocenters. The molecule has 0 aliphatic heterocycles. The number of hydrogen-bond donors (Lipinski definition) is 2. The highest BCUT2D eigenvalue weighted by Gasteiger charge is 2.02. The molecule has 0 aliphatic carbocycles. The second-order valence-corrected chi connectivity index (χ2v) is 3.66. The fourth-order valence-electron chi connectivity index (χ4n) is 1.19. The molecule has 1 aromatic carbocycles. The zero-order valence-corrected chi connectivity index (χ0v) is 8.98. The van der Waals surface area contributed by atoms with E-state index < -0.39 is 11.6 Å². The van der Waals surface area contributed by atoms with E-state index in [4.69, 9.17) is 0 Å². The zero-order valence-electron chi connectivity index (χ0n) is 8.98. The van der Waals surface area contributed by atoms with Crippen LogP contribution in [-0.2, 0) is 0 Å². The lowest BCUT2D eigenvalue weighted by atomic mass is 10.3. The van der Waals surface area contributed by atoms with Crippen molar-refractivity contribution in [2.45, 2.75) is 19.9 Å². The van der Waals surface area contributed by atoms with Gasteiger partial charge in [0, 0.05) is 19.1 Å². The Kier molecular flexibility index (Phi) is 4.49. The molecule has 0 amide bonds. The van der Waals surface area contributed by atoms with Gasteiger partial charge in [-0.3, -0.25) is 0 Å². The number of halogens is 2. The minimum absolute atomic E-state index is 0.209. The Balaban J connectivity index is 2.40. The van der Waals surface area contributed by atoms with E-state index in [0.717, 1.165) is 18.2 Å². The Morgan fingerprint density at radius 3 is 2.60 bits per heavy atom. The molecule has 0 aromatic heterocycles. The summed E-state index contributed by atoms with van der Waals surface area (Å²) < 4.78 is 25.9. The highest BCUT2D eigenvalue weighted by molar-refractivity contribution is 5.44. The maximum Gasteiger partial charge on any atom is 0.146 e. The molecule has 2 nitrogen and oxygen atoms in total. The van der Waals surface area contributed by atoms with E-state index >= 15 is 0 Å². The molecule has 0 saturated carbocycles. The van der Waals surface area contributed by atoms with Crippen LogP contribution in [0.4, 0.5) is 14.5 Å². The quantitative estimate of drug-likeness (QED) is 0.735. The lowest BCUT2D eigenvalue weighted by Gasteiger charge is -2.10. The molecule has 0 spiro atoms. The molecule has 0 saturated heterocycles. The summed E-state index contributed by atoms with van der Waals surface area (Å²) in [5, 5.41) is 6.00. The number of anilines is 1. The summed E-state index contributed by atoms with van der Waals surface area (Å²) in [6.07, 6.45) is 0. The highest BCUT2D eigenvalue weighted by Crippen LogP contribution is 2.14. The molecule has 0 heterocycles. The number of nitrogens with one attached hydrogen (secondary N) is 2. The Morgan fingerprint density at radius 1 is 1.20 bits per heavy atom. The van der Waals surface area contributed by atoms with Crippen LogP contribution in [0.1, 0.15) is 13.8 Å². The van der Waals surface area contributed by atoms with Gasteiger partial charge in [0.15, 0.2) is 0 Å². The van der Waals surface area contributed by atoms with Crippen LogP contribution in [0.15, 0.2) is 18.2 Å². The van der Waals surface area contributed by atoms with Crippen molar-refractivity contribution >= 4 is 5.69 Å². The van der Waals surface area contributed by atoms with Crippen LogP contribution in [-0.4, -0.2) is 19.1 Å². The molecule has 4 heteroatoms. The van der Waals surface area contributed by atoms with Crippen molar-refractivity contribution in [3.8, 4) is 0 Å². The maximum atomic E-state index is 13.1. The maximum absolute atomic E-state index is 13.1. The lowest BCUT2D eigenvalue weighted by molar-refractivity contribution is 0.592. The second-order valence-electron chi connectivity index (χ2n) is 3.66.